The molecule has 0 unspecified atom stereocenters. The predicted octanol–water partition coefficient (Wildman–Crippen LogP) is 5.36. The van der Waals surface area contributed by atoms with Gasteiger partial charge in [0, 0.05) is 18.0 Å². The zero-order valence-corrected chi connectivity index (χ0v) is 18.9. The SMILES string of the molecule is COc1nc(-c2ccccc2C(F)(F)F)cc2nc(-c3c(Cl)c(C(C)(C)C)nn3C)[nH]c12.[NaH]. The molecule has 170 valence electrons. The summed E-state index contributed by atoms with van der Waals surface area (Å²) in [4.78, 5) is 12.0. The number of methoxy groups -OCH3 is 1. The molecule has 0 aliphatic rings. The van der Waals surface area contributed by atoms with Gasteiger partial charge in [-0.3, -0.25) is 4.68 Å². The molecule has 1 aromatic carbocycles. The molecule has 0 aliphatic carbocycles. The van der Waals surface area contributed by atoms with Crippen molar-refractivity contribution in [3.63, 3.8) is 0 Å². The first-order chi connectivity index (χ1) is 14.9. The van der Waals surface area contributed by atoms with Gasteiger partial charge in [-0.1, -0.05) is 50.6 Å². The third kappa shape index (κ3) is 4.64. The summed E-state index contributed by atoms with van der Waals surface area (Å²) < 4.78 is 47.6. The Hall–Kier alpha value is -2.07. The molecule has 3 aromatic heterocycles. The molecule has 11 heteroatoms. The minimum absolute atomic E-state index is 0. The second kappa shape index (κ2) is 8.94. The quantitative estimate of drug-likeness (QED) is 0.395. The van der Waals surface area contributed by atoms with Crippen molar-refractivity contribution in [2.24, 2.45) is 7.05 Å². The van der Waals surface area contributed by atoms with Gasteiger partial charge in [-0.25, -0.2) is 9.97 Å². The molecule has 3 heterocycles. The van der Waals surface area contributed by atoms with Crippen LogP contribution in [0.25, 0.3) is 33.8 Å². The van der Waals surface area contributed by atoms with Crippen LogP contribution in [-0.4, -0.2) is 61.4 Å². The average molecular weight is 488 g/mol. The van der Waals surface area contributed by atoms with Gasteiger partial charge in [0.05, 0.1) is 34.6 Å². The van der Waals surface area contributed by atoms with E-state index in [1.807, 2.05) is 20.8 Å². The first kappa shape index (κ1) is 25.6. The standard InChI is InChI=1S/C22H21ClF3N5O.Na.H/c1-21(2,3)18-15(23)17(31(4)30-18)19-27-14-10-13(28-20(32-5)16(14)29-19)11-8-6-7-9-12(11)22(24,25)26;;/h6-10H,1-5H3,(H,27,29);;. The number of hydrogen-bond donors (Lipinski definition) is 1. The first-order valence-electron chi connectivity index (χ1n) is 9.76. The zero-order valence-electron chi connectivity index (χ0n) is 18.1. The van der Waals surface area contributed by atoms with E-state index in [2.05, 4.69) is 20.1 Å². The first-order valence-corrected chi connectivity index (χ1v) is 10.1. The molecule has 33 heavy (non-hydrogen) atoms. The van der Waals surface area contributed by atoms with E-state index in [-0.39, 0.29) is 52.1 Å². The Morgan fingerprint density at radius 2 is 1.76 bits per heavy atom. The topological polar surface area (TPSA) is 68.6 Å². The van der Waals surface area contributed by atoms with Gasteiger partial charge in [0.15, 0.2) is 5.82 Å². The normalized spacial score (nSPS) is 12.2. The predicted molar refractivity (Wildman–Crippen MR) is 124 cm³/mol. The van der Waals surface area contributed by atoms with Crippen LogP contribution in [-0.2, 0) is 18.6 Å². The van der Waals surface area contributed by atoms with Crippen LogP contribution < -0.4 is 4.74 Å². The Morgan fingerprint density at radius 1 is 1.09 bits per heavy atom. The maximum absolute atomic E-state index is 13.5. The van der Waals surface area contributed by atoms with Crippen molar-refractivity contribution in [2.75, 3.05) is 7.11 Å². The van der Waals surface area contributed by atoms with Crippen LogP contribution in [0.3, 0.4) is 0 Å². The number of halogens is 4. The number of nitrogens with one attached hydrogen (secondary N) is 1. The molecule has 6 nitrogen and oxygen atoms in total. The Balaban J connectivity index is 0.00000306. The molecular formula is C22H22ClF3N5NaO. The number of aromatic amines is 1. The van der Waals surface area contributed by atoms with E-state index in [4.69, 9.17) is 16.3 Å². The molecule has 4 aromatic rings. The van der Waals surface area contributed by atoms with E-state index < -0.39 is 11.7 Å². The van der Waals surface area contributed by atoms with E-state index in [1.54, 1.807) is 11.7 Å². The Morgan fingerprint density at radius 3 is 2.33 bits per heavy atom. The number of fused-ring (bicyclic) bond motifs is 1. The van der Waals surface area contributed by atoms with Gasteiger partial charge in [0.25, 0.3) is 0 Å². The molecular weight excluding hydrogens is 466 g/mol. The second-order valence-corrected chi connectivity index (χ2v) is 8.80. The molecule has 0 bridgehead atoms. The number of pyridine rings is 1. The van der Waals surface area contributed by atoms with Crippen LogP contribution in [0.5, 0.6) is 5.88 Å². The number of aryl methyl sites for hydroxylation is 1. The minimum atomic E-state index is -4.53. The fourth-order valence-electron chi connectivity index (χ4n) is 3.57. The number of aromatic nitrogens is 5. The molecule has 0 radical (unpaired) electrons. The van der Waals surface area contributed by atoms with Gasteiger partial charge >= 0.3 is 35.7 Å². The number of hydrogen-bond acceptors (Lipinski definition) is 4. The second-order valence-electron chi connectivity index (χ2n) is 8.42. The van der Waals surface area contributed by atoms with E-state index in [0.29, 0.717) is 33.3 Å². The molecule has 0 spiro atoms. The molecule has 0 fully saturated rings. The van der Waals surface area contributed by atoms with Crippen LogP contribution in [0.1, 0.15) is 32.0 Å². The summed E-state index contributed by atoms with van der Waals surface area (Å²) in [6.45, 7) is 6.00. The molecule has 1 N–H and O–H groups in total. The van der Waals surface area contributed by atoms with Crippen molar-refractivity contribution in [3.05, 3.63) is 46.6 Å². The van der Waals surface area contributed by atoms with Gasteiger partial charge in [-0.2, -0.15) is 18.3 Å². The van der Waals surface area contributed by atoms with E-state index in [1.165, 1.54) is 31.4 Å². The van der Waals surface area contributed by atoms with Crippen molar-refractivity contribution in [3.8, 4) is 28.7 Å². The molecule has 0 amide bonds. The monoisotopic (exact) mass is 487 g/mol. The van der Waals surface area contributed by atoms with Crippen molar-refractivity contribution in [1.82, 2.24) is 24.7 Å². The fourth-order valence-corrected chi connectivity index (χ4v) is 4.10. The van der Waals surface area contributed by atoms with Crippen LogP contribution in [0.4, 0.5) is 13.2 Å². The number of nitrogens with zero attached hydrogens (tertiary/aromatic N) is 4. The Labute approximate surface area is 215 Å². The summed E-state index contributed by atoms with van der Waals surface area (Å²) >= 11 is 6.63. The van der Waals surface area contributed by atoms with Gasteiger partial charge in [0.2, 0.25) is 5.88 Å². The molecule has 4 rings (SSSR count). The summed E-state index contributed by atoms with van der Waals surface area (Å²) in [5, 5.41) is 4.98. The van der Waals surface area contributed by atoms with E-state index in [0.717, 1.165) is 6.07 Å². The summed E-state index contributed by atoms with van der Waals surface area (Å²) in [6, 6.07) is 6.76. The Kier molecular flexibility index (Phi) is 6.92. The summed E-state index contributed by atoms with van der Waals surface area (Å²) in [5.41, 5.74) is 1.10. The average Bonchev–Trinajstić information content (AvgIpc) is 3.26. The molecule has 0 saturated carbocycles. The maximum atomic E-state index is 13.5. The molecule has 0 aliphatic heterocycles. The third-order valence-corrected chi connectivity index (χ3v) is 5.43. The van der Waals surface area contributed by atoms with Crippen LogP contribution >= 0.6 is 11.6 Å². The van der Waals surface area contributed by atoms with Crippen molar-refractivity contribution >= 4 is 52.2 Å². The van der Waals surface area contributed by atoms with Gasteiger partial charge in [-0.05, 0) is 12.1 Å². The zero-order chi connectivity index (χ0) is 23.4. The summed E-state index contributed by atoms with van der Waals surface area (Å²) in [7, 11) is 3.15. The fraction of sp³-hybridized carbons (Fsp3) is 0.318. The summed E-state index contributed by atoms with van der Waals surface area (Å²) in [6.07, 6.45) is -4.53. The van der Waals surface area contributed by atoms with Gasteiger partial charge in [-0.15, -0.1) is 0 Å². The number of rotatable bonds is 3. The van der Waals surface area contributed by atoms with Gasteiger partial charge in [0.1, 0.15) is 11.2 Å². The summed E-state index contributed by atoms with van der Waals surface area (Å²) in [5.74, 6) is 0.541. The van der Waals surface area contributed by atoms with Crippen molar-refractivity contribution in [2.45, 2.75) is 32.4 Å². The van der Waals surface area contributed by atoms with Crippen LogP contribution in [0.15, 0.2) is 30.3 Å². The molecule has 0 atom stereocenters. The number of ether oxygens (including phenoxy) is 1. The molecule has 0 saturated heterocycles. The van der Waals surface area contributed by atoms with Crippen LogP contribution in [0.2, 0.25) is 5.02 Å². The van der Waals surface area contributed by atoms with E-state index >= 15 is 0 Å². The van der Waals surface area contributed by atoms with Crippen LogP contribution in [0, 0.1) is 0 Å². The number of benzene rings is 1. The third-order valence-electron chi connectivity index (χ3n) is 5.07. The number of imidazole rings is 1. The van der Waals surface area contributed by atoms with E-state index in [9.17, 15) is 13.2 Å². The van der Waals surface area contributed by atoms with Crippen molar-refractivity contribution < 1.29 is 17.9 Å². The van der Waals surface area contributed by atoms with Crippen molar-refractivity contribution in [1.29, 1.82) is 0 Å². The van der Waals surface area contributed by atoms with Gasteiger partial charge < -0.3 is 9.72 Å². The number of alkyl halides is 3. The Bertz CT molecular complexity index is 1320. The number of H-pyrrole nitrogens is 1.